The zero-order valence-corrected chi connectivity index (χ0v) is 11.7. The number of aliphatic carboxylic acids is 1. The van der Waals surface area contributed by atoms with Crippen LogP contribution in [0.3, 0.4) is 0 Å². The van der Waals surface area contributed by atoms with Crippen molar-refractivity contribution in [2.45, 2.75) is 39.8 Å². The standard InChI is InChI=1S/C14H20N2O3/c1-9-5-6-10(2)11(7-9)8-15-13(19)16-14(3,4)12(17)18/h5-7H,8H2,1-4H3,(H,17,18)(H2,15,16,19). The molecule has 19 heavy (non-hydrogen) atoms. The van der Waals surface area contributed by atoms with Gasteiger partial charge in [-0.2, -0.15) is 0 Å². The van der Waals surface area contributed by atoms with Gasteiger partial charge in [0.15, 0.2) is 0 Å². The Bertz CT molecular complexity index is 495. The van der Waals surface area contributed by atoms with Crippen LogP contribution < -0.4 is 10.6 Å². The molecule has 5 heteroatoms. The number of hydrogen-bond donors (Lipinski definition) is 3. The number of aryl methyl sites for hydroxylation is 2. The smallest absolute Gasteiger partial charge is 0.328 e. The highest BCUT2D eigenvalue weighted by Crippen LogP contribution is 2.10. The summed E-state index contributed by atoms with van der Waals surface area (Å²) in [4.78, 5) is 22.5. The molecule has 0 atom stereocenters. The second kappa shape index (κ2) is 5.73. The first-order valence-electron chi connectivity index (χ1n) is 6.08. The van der Waals surface area contributed by atoms with Crippen molar-refractivity contribution in [3.63, 3.8) is 0 Å². The van der Waals surface area contributed by atoms with E-state index in [4.69, 9.17) is 5.11 Å². The molecule has 0 unspecified atom stereocenters. The van der Waals surface area contributed by atoms with E-state index in [-0.39, 0.29) is 0 Å². The SMILES string of the molecule is Cc1ccc(C)c(CNC(=O)NC(C)(C)C(=O)O)c1. The van der Waals surface area contributed by atoms with Gasteiger partial charge in [-0.15, -0.1) is 0 Å². The summed E-state index contributed by atoms with van der Waals surface area (Å²) in [6, 6.07) is 5.50. The van der Waals surface area contributed by atoms with Gasteiger partial charge in [0, 0.05) is 6.54 Å². The molecule has 0 saturated heterocycles. The van der Waals surface area contributed by atoms with Crippen LogP contribution in [0, 0.1) is 13.8 Å². The van der Waals surface area contributed by atoms with Crippen LogP contribution in [-0.2, 0) is 11.3 Å². The highest BCUT2D eigenvalue weighted by Gasteiger charge is 2.28. The lowest BCUT2D eigenvalue weighted by atomic mass is 10.1. The number of urea groups is 1. The van der Waals surface area contributed by atoms with Crippen LogP contribution in [0.1, 0.15) is 30.5 Å². The molecular weight excluding hydrogens is 244 g/mol. The average molecular weight is 264 g/mol. The molecule has 0 radical (unpaired) electrons. The number of nitrogens with one attached hydrogen (secondary N) is 2. The van der Waals surface area contributed by atoms with Gasteiger partial charge in [0.25, 0.3) is 0 Å². The first kappa shape index (κ1) is 15.0. The van der Waals surface area contributed by atoms with Crippen LogP contribution in [0.15, 0.2) is 18.2 Å². The van der Waals surface area contributed by atoms with E-state index in [1.54, 1.807) is 0 Å². The van der Waals surface area contributed by atoms with Crippen molar-refractivity contribution < 1.29 is 14.7 Å². The fraction of sp³-hybridized carbons (Fsp3) is 0.429. The molecule has 5 nitrogen and oxygen atoms in total. The predicted octanol–water partition coefficient (Wildman–Crippen LogP) is 1.97. The lowest BCUT2D eigenvalue weighted by Crippen LogP contribution is -2.53. The summed E-state index contributed by atoms with van der Waals surface area (Å²) in [7, 11) is 0. The number of amides is 2. The minimum absolute atomic E-state index is 0.370. The second-order valence-electron chi connectivity index (χ2n) is 5.17. The molecule has 0 fully saturated rings. The first-order chi connectivity index (χ1) is 8.72. The zero-order valence-electron chi connectivity index (χ0n) is 11.7. The second-order valence-corrected chi connectivity index (χ2v) is 5.17. The lowest BCUT2D eigenvalue weighted by molar-refractivity contribution is -0.142. The van der Waals surface area contributed by atoms with E-state index in [2.05, 4.69) is 10.6 Å². The molecule has 0 aromatic heterocycles. The Morgan fingerprint density at radius 1 is 1.26 bits per heavy atom. The van der Waals surface area contributed by atoms with Gasteiger partial charge in [-0.05, 0) is 38.8 Å². The molecule has 0 bridgehead atoms. The lowest BCUT2D eigenvalue weighted by Gasteiger charge is -2.21. The maximum atomic E-state index is 11.6. The largest absolute Gasteiger partial charge is 0.480 e. The van der Waals surface area contributed by atoms with Crippen molar-refractivity contribution in [3.8, 4) is 0 Å². The maximum Gasteiger partial charge on any atom is 0.328 e. The van der Waals surface area contributed by atoms with Gasteiger partial charge in [-0.25, -0.2) is 9.59 Å². The number of carboxylic acids is 1. The Hall–Kier alpha value is -2.04. The minimum atomic E-state index is -1.29. The van der Waals surface area contributed by atoms with Crippen molar-refractivity contribution in [1.82, 2.24) is 10.6 Å². The van der Waals surface area contributed by atoms with Gasteiger partial charge in [-0.3, -0.25) is 0 Å². The number of hydrogen-bond acceptors (Lipinski definition) is 2. The molecule has 0 aliphatic heterocycles. The number of carbonyl (C=O) groups excluding carboxylic acids is 1. The molecule has 1 aromatic rings. The number of carboxylic acid groups (broad SMARTS) is 1. The fourth-order valence-electron chi connectivity index (χ4n) is 1.55. The van der Waals surface area contributed by atoms with E-state index < -0.39 is 17.5 Å². The van der Waals surface area contributed by atoms with Gasteiger partial charge >= 0.3 is 12.0 Å². The number of carbonyl (C=O) groups is 2. The highest BCUT2D eigenvalue weighted by atomic mass is 16.4. The summed E-state index contributed by atoms with van der Waals surface area (Å²) < 4.78 is 0. The molecule has 1 aromatic carbocycles. The summed E-state index contributed by atoms with van der Waals surface area (Å²) in [5.74, 6) is -1.07. The quantitative estimate of drug-likeness (QED) is 0.778. The van der Waals surface area contributed by atoms with E-state index in [0.717, 1.165) is 16.7 Å². The Balaban J connectivity index is 2.60. The Kier molecular flexibility index (Phi) is 4.53. The molecule has 104 valence electrons. The number of rotatable bonds is 4. The third-order valence-corrected chi connectivity index (χ3v) is 2.90. The monoisotopic (exact) mass is 264 g/mol. The molecule has 1 rings (SSSR count). The molecule has 0 aliphatic carbocycles. The Morgan fingerprint density at radius 3 is 2.47 bits per heavy atom. The van der Waals surface area contributed by atoms with Crippen molar-refractivity contribution in [2.24, 2.45) is 0 Å². The third kappa shape index (κ3) is 4.28. The molecule has 0 saturated carbocycles. The van der Waals surface area contributed by atoms with Crippen molar-refractivity contribution in [1.29, 1.82) is 0 Å². The first-order valence-corrected chi connectivity index (χ1v) is 6.08. The fourth-order valence-corrected chi connectivity index (χ4v) is 1.55. The molecule has 0 aliphatic rings. The van der Waals surface area contributed by atoms with E-state index in [0.29, 0.717) is 6.54 Å². The van der Waals surface area contributed by atoms with Gasteiger partial charge in [0.05, 0.1) is 0 Å². The van der Waals surface area contributed by atoms with Crippen LogP contribution in [0.5, 0.6) is 0 Å². The summed E-state index contributed by atoms with van der Waals surface area (Å²) in [6.07, 6.45) is 0. The molecule has 3 N–H and O–H groups in total. The summed E-state index contributed by atoms with van der Waals surface area (Å²) in [6.45, 7) is 7.20. The van der Waals surface area contributed by atoms with E-state index in [9.17, 15) is 9.59 Å². The van der Waals surface area contributed by atoms with Gasteiger partial charge in [0.1, 0.15) is 5.54 Å². The van der Waals surface area contributed by atoms with E-state index >= 15 is 0 Å². The molecule has 0 heterocycles. The maximum absolute atomic E-state index is 11.6. The molecule has 2 amide bonds. The zero-order chi connectivity index (χ0) is 14.6. The normalized spacial score (nSPS) is 10.9. The predicted molar refractivity (Wildman–Crippen MR) is 73.0 cm³/mol. The average Bonchev–Trinajstić information content (AvgIpc) is 2.29. The van der Waals surface area contributed by atoms with E-state index in [1.807, 2.05) is 32.0 Å². The van der Waals surface area contributed by atoms with Crippen molar-refractivity contribution in [3.05, 3.63) is 34.9 Å². The van der Waals surface area contributed by atoms with Gasteiger partial charge < -0.3 is 15.7 Å². The topological polar surface area (TPSA) is 78.4 Å². The third-order valence-electron chi connectivity index (χ3n) is 2.90. The Morgan fingerprint density at radius 2 is 1.89 bits per heavy atom. The Labute approximate surface area is 113 Å². The molecule has 0 spiro atoms. The van der Waals surface area contributed by atoms with Gasteiger partial charge in [0.2, 0.25) is 0 Å². The van der Waals surface area contributed by atoms with Crippen molar-refractivity contribution >= 4 is 12.0 Å². The molecular formula is C14H20N2O3. The summed E-state index contributed by atoms with van der Waals surface area (Å²) >= 11 is 0. The summed E-state index contributed by atoms with van der Waals surface area (Å²) in [5, 5.41) is 14.0. The minimum Gasteiger partial charge on any atom is -0.480 e. The van der Waals surface area contributed by atoms with Gasteiger partial charge in [-0.1, -0.05) is 23.8 Å². The van der Waals surface area contributed by atoms with Crippen LogP contribution in [-0.4, -0.2) is 22.6 Å². The van der Waals surface area contributed by atoms with Crippen LogP contribution in [0.25, 0.3) is 0 Å². The summed E-state index contributed by atoms with van der Waals surface area (Å²) in [5.41, 5.74) is 1.94. The van der Waals surface area contributed by atoms with Crippen LogP contribution in [0.2, 0.25) is 0 Å². The number of benzene rings is 1. The van der Waals surface area contributed by atoms with Crippen LogP contribution >= 0.6 is 0 Å². The van der Waals surface area contributed by atoms with Crippen molar-refractivity contribution in [2.75, 3.05) is 0 Å². The van der Waals surface area contributed by atoms with E-state index in [1.165, 1.54) is 13.8 Å². The highest BCUT2D eigenvalue weighted by molar-refractivity contribution is 5.85. The van der Waals surface area contributed by atoms with Crippen LogP contribution in [0.4, 0.5) is 4.79 Å².